The van der Waals surface area contributed by atoms with Gasteiger partial charge in [-0.3, -0.25) is 4.79 Å². The molecule has 4 heteroatoms. The molecule has 0 aliphatic rings. The lowest BCUT2D eigenvalue weighted by Crippen LogP contribution is -2.07. The number of halogens is 2. The van der Waals surface area contributed by atoms with Gasteiger partial charge in [-0.05, 0) is 42.8 Å². The summed E-state index contributed by atoms with van der Waals surface area (Å²) >= 11 is 5.87. The van der Waals surface area contributed by atoms with Gasteiger partial charge in [0.15, 0.2) is 5.78 Å². The number of carbonyl (C=O) groups is 1. The lowest BCUT2D eigenvalue weighted by molar-refractivity contribution is 0.103. The van der Waals surface area contributed by atoms with Crippen LogP contribution in [0.3, 0.4) is 0 Å². The molecule has 0 spiro atoms. The Morgan fingerprint density at radius 1 is 1.28 bits per heavy atom. The second-order valence-electron chi connectivity index (χ2n) is 4.00. The van der Waals surface area contributed by atoms with Crippen LogP contribution < -0.4 is 5.73 Å². The number of carbonyl (C=O) groups excluding carboxylic acids is 1. The average molecular weight is 264 g/mol. The van der Waals surface area contributed by atoms with E-state index < -0.39 is 11.6 Å². The molecule has 0 aromatic heterocycles. The Bertz CT molecular complexity index is 605. The average Bonchev–Trinajstić information content (AvgIpc) is 2.28. The van der Waals surface area contributed by atoms with E-state index in [4.69, 9.17) is 17.3 Å². The molecule has 0 unspecified atom stereocenters. The Hall–Kier alpha value is -1.87. The van der Waals surface area contributed by atoms with Crippen LogP contribution in [0, 0.1) is 12.7 Å². The summed E-state index contributed by atoms with van der Waals surface area (Å²) in [6.07, 6.45) is 0. The molecule has 0 saturated carbocycles. The van der Waals surface area contributed by atoms with Crippen molar-refractivity contribution in [3.63, 3.8) is 0 Å². The van der Waals surface area contributed by atoms with Gasteiger partial charge >= 0.3 is 0 Å². The van der Waals surface area contributed by atoms with Crippen LogP contribution in [0.5, 0.6) is 0 Å². The van der Waals surface area contributed by atoms with Crippen molar-refractivity contribution < 1.29 is 9.18 Å². The zero-order chi connectivity index (χ0) is 13.3. The maximum atomic E-state index is 13.7. The molecule has 92 valence electrons. The Morgan fingerprint density at radius 2 is 2.00 bits per heavy atom. The van der Waals surface area contributed by atoms with E-state index in [9.17, 15) is 9.18 Å². The van der Waals surface area contributed by atoms with Crippen LogP contribution in [0.1, 0.15) is 21.5 Å². The van der Waals surface area contributed by atoms with Crippen LogP contribution in [-0.4, -0.2) is 5.78 Å². The van der Waals surface area contributed by atoms with Crippen molar-refractivity contribution in [1.82, 2.24) is 0 Å². The number of nitrogens with two attached hydrogens (primary N) is 1. The highest BCUT2D eigenvalue weighted by Crippen LogP contribution is 2.24. The molecule has 2 N–H and O–H groups in total. The third-order valence-corrected chi connectivity index (χ3v) is 3.00. The number of hydrogen-bond donors (Lipinski definition) is 1. The molecule has 0 heterocycles. The molecule has 2 rings (SSSR count). The summed E-state index contributed by atoms with van der Waals surface area (Å²) < 4.78 is 13.7. The van der Waals surface area contributed by atoms with Gasteiger partial charge in [0.2, 0.25) is 0 Å². The minimum absolute atomic E-state index is 0.105. The second-order valence-corrected chi connectivity index (χ2v) is 4.41. The van der Waals surface area contributed by atoms with Crippen LogP contribution in [-0.2, 0) is 0 Å². The predicted molar refractivity (Wildman–Crippen MR) is 70.4 cm³/mol. The van der Waals surface area contributed by atoms with E-state index in [0.29, 0.717) is 16.8 Å². The minimum Gasteiger partial charge on any atom is -0.399 e. The number of ketones is 1. The van der Waals surface area contributed by atoms with Crippen molar-refractivity contribution in [2.45, 2.75) is 6.92 Å². The third kappa shape index (κ3) is 2.22. The molecule has 18 heavy (non-hydrogen) atoms. The molecule has 0 bridgehead atoms. The first-order valence-electron chi connectivity index (χ1n) is 5.35. The minimum atomic E-state index is -0.622. The lowest BCUT2D eigenvalue weighted by Gasteiger charge is -2.08. The number of benzene rings is 2. The van der Waals surface area contributed by atoms with Crippen LogP contribution in [0.15, 0.2) is 36.4 Å². The smallest absolute Gasteiger partial charge is 0.197 e. The van der Waals surface area contributed by atoms with Gasteiger partial charge in [0.1, 0.15) is 5.82 Å². The molecule has 0 radical (unpaired) electrons. The molecule has 0 saturated heterocycles. The van der Waals surface area contributed by atoms with Crippen molar-refractivity contribution in [3.05, 3.63) is 63.9 Å². The summed E-state index contributed by atoms with van der Waals surface area (Å²) in [7, 11) is 0. The summed E-state index contributed by atoms with van der Waals surface area (Å²) in [6, 6.07) is 9.02. The number of anilines is 1. The van der Waals surface area contributed by atoms with Gasteiger partial charge in [-0.15, -0.1) is 0 Å². The number of aryl methyl sites for hydroxylation is 1. The van der Waals surface area contributed by atoms with Gasteiger partial charge in [-0.2, -0.15) is 0 Å². The third-order valence-electron chi connectivity index (χ3n) is 2.68. The molecular formula is C14H11ClFNO. The van der Waals surface area contributed by atoms with E-state index in [2.05, 4.69) is 0 Å². The fraction of sp³-hybridized carbons (Fsp3) is 0.0714. The molecule has 0 atom stereocenters. The first kappa shape index (κ1) is 12.6. The van der Waals surface area contributed by atoms with Crippen molar-refractivity contribution in [3.8, 4) is 0 Å². The molecule has 0 aliphatic carbocycles. The van der Waals surface area contributed by atoms with Gasteiger partial charge in [0.05, 0.1) is 10.6 Å². The second kappa shape index (κ2) is 4.78. The monoisotopic (exact) mass is 263 g/mol. The van der Waals surface area contributed by atoms with Crippen molar-refractivity contribution in [2.75, 3.05) is 5.73 Å². The topological polar surface area (TPSA) is 43.1 Å². The molecule has 0 fully saturated rings. The van der Waals surface area contributed by atoms with Gasteiger partial charge in [0.25, 0.3) is 0 Å². The van der Waals surface area contributed by atoms with Crippen LogP contribution in [0.2, 0.25) is 5.02 Å². The SMILES string of the molecule is Cc1cc(N)ccc1C(=O)c1c(F)cccc1Cl. The Labute approximate surface area is 109 Å². The van der Waals surface area contributed by atoms with E-state index >= 15 is 0 Å². The van der Waals surface area contributed by atoms with Crippen molar-refractivity contribution in [1.29, 1.82) is 0 Å². The van der Waals surface area contributed by atoms with Crippen LogP contribution in [0.25, 0.3) is 0 Å². The quantitative estimate of drug-likeness (QED) is 0.664. The van der Waals surface area contributed by atoms with Crippen molar-refractivity contribution in [2.24, 2.45) is 0 Å². The standard InChI is InChI=1S/C14H11ClFNO/c1-8-7-9(17)5-6-10(8)14(18)13-11(15)3-2-4-12(13)16/h2-7H,17H2,1H3. The van der Waals surface area contributed by atoms with E-state index in [1.807, 2.05) is 0 Å². The summed E-state index contributed by atoms with van der Waals surface area (Å²) in [5.74, 6) is -1.06. The highest BCUT2D eigenvalue weighted by molar-refractivity contribution is 6.35. The fourth-order valence-corrected chi connectivity index (χ4v) is 2.04. The maximum absolute atomic E-state index is 13.7. The molecule has 0 aliphatic heterocycles. The largest absolute Gasteiger partial charge is 0.399 e. The lowest BCUT2D eigenvalue weighted by atomic mass is 9.98. The van der Waals surface area contributed by atoms with Gasteiger partial charge < -0.3 is 5.73 Å². The molecule has 2 nitrogen and oxygen atoms in total. The van der Waals surface area contributed by atoms with Gasteiger partial charge in [-0.25, -0.2) is 4.39 Å². The summed E-state index contributed by atoms with van der Waals surface area (Å²) in [6.45, 7) is 1.75. The fourth-order valence-electron chi connectivity index (χ4n) is 1.79. The number of rotatable bonds is 2. The highest BCUT2D eigenvalue weighted by Gasteiger charge is 2.18. The van der Waals surface area contributed by atoms with E-state index in [-0.39, 0.29) is 10.6 Å². The number of hydrogen-bond acceptors (Lipinski definition) is 2. The van der Waals surface area contributed by atoms with E-state index in [1.54, 1.807) is 25.1 Å². The zero-order valence-corrected chi connectivity index (χ0v) is 10.5. The summed E-state index contributed by atoms with van der Waals surface area (Å²) in [5, 5.41) is 0.108. The Balaban J connectivity index is 2.55. The summed E-state index contributed by atoms with van der Waals surface area (Å²) in [5.41, 5.74) is 7.16. The first-order valence-corrected chi connectivity index (χ1v) is 5.73. The van der Waals surface area contributed by atoms with Gasteiger partial charge in [-0.1, -0.05) is 17.7 Å². The zero-order valence-electron chi connectivity index (χ0n) is 9.71. The Morgan fingerprint density at radius 3 is 2.61 bits per heavy atom. The predicted octanol–water partition coefficient (Wildman–Crippen LogP) is 3.60. The maximum Gasteiger partial charge on any atom is 0.197 e. The normalized spacial score (nSPS) is 10.4. The molecule has 2 aromatic carbocycles. The molecule has 2 aromatic rings. The Kier molecular flexibility index (Phi) is 3.34. The van der Waals surface area contributed by atoms with E-state index in [0.717, 1.165) is 0 Å². The van der Waals surface area contributed by atoms with Crippen LogP contribution in [0.4, 0.5) is 10.1 Å². The number of nitrogen functional groups attached to an aromatic ring is 1. The molecule has 0 amide bonds. The molecular weight excluding hydrogens is 253 g/mol. The van der Waals surface area contributed by atoms with E-state index in [1.165, 1.54) is 18.2 Å². The summed E-state index contributed by atoms with van der Waals surface area (Å²) in [4.78, 5) is 12.3. The van der Waals surface area contributed by atoms with Crippen molar-refractivity contribution >= 4 is 23.1 Å². The first-order chi connectivity index (χ1) is 8.50. The van der Waals surface area contributed by atoms with Crippen LogP contribution >= 0.6 is 11.6 Å². The van der Waals surface area contributed by atoms with Gasteiger partial charge in [0, 0.05) is 11.3 Å². The highest BCUT2D eigenvalue weighted by atomic mass is 35.5.